The van der Waals surface area contributed by atoms with E-state index in [2.05, 4.69) is 0 Å². The van der Waals surface area contributed by atoms with Crippen molar-refractivity contribution in [2.75, 3.05) is 32.5 Å². The van der Waals surface area contributed by atoms with Crippen LogP contribution in [0.2, 0.25) is 0 Å². The minimum atomic E-state index is -0.753. The number of β-lactam (4-membered cyclic amide) rings is 1. The van der Waals surface area contributed by atoms with Crippen molar-refractivity contribution in [1.29, 1.82) is 0 Å². The van der Waals surface area contributed by atoms with Gasteiger partial charge in [-0.2, -0.15) is 0 Å². The zero-order valence-corrected chi connectivity index (χ0v) is 13.4. The molecule has 2 aliphatic rings. The number of hydrogen-bond acceptors (Lipinski definition) is 6. The topological polar surface area (TPSA) is 77.5 Å². The molecule has 126 valence electrons. The first-order valence-corrected chi connectivity index (χ1v) is 7.51. The van der Waals surface area contributed by atoms with Gasteiger partial charge < -0.3 is 29.0 Å². The number of aliphatic hydroxyl groups is 1. The molecule has 0 aromatic heterocycles. The van der Waals surface area contributed by atoms with Crippen LogP contribution in [0.5, 0.6) is 11.5 Å². The van der Waals surface area contributed by atoms with Gasteiger partial charge in [-0.1, -0.05) is 0 Å². The summed E-state index contributed by atoms with van der Waals surface area (Å²) in [5, 5.41) is 9.95. The Bertz CT molecular complexity index is 584. The SMILES string of the molecule is COc1ccc(N2C(=O)[C@H]([C@H](C)O)[C@H]2[C@H]2COCO2)c(OC)c1. The smallest absolute Gasteiger partial charge is 0.235 e. The normalized spacial score (nSPS) is 28.4. The van der Waals surface area contributed by atoms with Gasteiger partial charge in [0.25, 0.3) is 0 Å². The van der Waals surface area contributed by atoms with Crippen LogP contribution in [-0.4, -0.2) is 56.9 Å². The highest BCUT2D eigenvalue weighted by atomic mass is 16.7. The van der Waals surface area contributed by atoms with E-state index in [1.165, 1.54) is 0 Å². The molecule has 0 bridgehead atoms. The third-order valence-corrected chi connectivity index (χ3v) is 4.38. The van der Waals surface area contributed by atoms with Crippen molar-refractivity contribution in [1.82, 2.24) is 0 Å². The molecule has 4 atom stereocenters. The number of rotatable bonds is 5. The van der Waals surface area contributed by atoms with E-state index >= 15 is 0 Å². The Balaban J connectivity index is 1.95. The van der Waals surface area contributed by atoms with Gasteiger partial charge in [-0.25, -0.2) is 0 Å². The first-order valence-electron chi connectivity index (χ1n) is 7.51. The number of aliphatic hydroxyl groups excluding tert-OH is 1. The lowest BCUT2D eigenvalue weighted by Crippen LogP contribution is -2.69. The Morgan fingerprint density at radius 1 is 1.35 bits per heavy atom. The summed E-state index contributed by atoms with van der Waals surface area (Å²) >= 11 is 0. The summed E-state index contributed by atoms with van der Waals surface area (Å²) in [6, 6.07) is 4.98. The van der Waals surface area contributed by atoms with Crippen molar-refractivity contribution >= 4 is 11.6 Å². The van der Waals surface area contributed by atoms with Crippen molar-refractivity contribution in [2.45, 2.75) is 25.2 Å². The Morgan fingerprint density at radius 2 is 2.13 bits per heavy atom. The zero-order valence-electron chi connectivity index (χ0n) is 13.4. The second-order valence-electron chi connectivity index (χ2n) is 5.70. The largest absolute Gasteiger partial charge is 0.497 e. The second kappa shape index (κ2) is 6.35. The number of benzene rings is 1. The van der Waals surface area contributed by atoms with Crippen molar-refractivity contribution in [2.24, 2.45) is 5.92 Å². The highest BCUT2D eigenvalue weighted by Crippen LogP contribution is 2.43. The molecule has 2 fully saturated rings. The maximum atomic E-state index is 12.6. The maximum absolute atomic E-state index is 12.6. The van der Waals surface area contributed by atoms with Gasteiger partial charge >= 0.3 is 0 Å². The number of hydrogen-bond donors (Lipinski definition) is 1. The van der Waals surface area contributed by atoms with Crippen LogP contribution in [0.15, 0.2) is 18.2 Å². The summed E-state index contributed by atoms with van der Waals surface area (Å²) in [6.07, 6.45) is -1.02. The highest BCUT2D eigenvalue weighted by Gasteiger charge is 2.55. The number of amides is 1. The quantitative estimate of drug-likeness (QED) is 0.807. The Morgan fingerprint density at radius 3 is 2.70 bits per heavy atom. The molecule has 23 heavy (non-hydrogen) atoms. The molecule has 2 saturated heterocycles. The van der Waals surface area contributed by atoms with Crippen molar-refractivity contribution < 1.29 is 28.8 Å². The molecule has 7 nitrogen and oxygen atoms in total. The van der Waals surface area contributed by atoms with E-state index in [1.807, 2.05) is 0 Å². The lowest BCUT2D eigenvalue weighted by molar-refractivity contribution is -0.139. The number of carbonyl (C=O) groups excluding carboxylic acids is 1. The van der Waals surface area contributed by atoms with E-state index in [-0.39, 0.29) is 24.8 Å². The van der Waals surface area contributed by atoms with Crippen LogP contribution in [0.3, 0.4) is 0 Å². The minimum Gasteiger partial charge on any atom is -0.497 e. The van der Waals surface area contributed by atoms with Crippen LogP contribution in [0.4, 0.5) is 5.69 Å². The number of anilines is 1. The summed E-state index contributed by atoms with van der Waals surface area (Å²) in [7, 11) is 3.11. The summed E-state index contributed by atoms with van der Waals surface area (Å²) in [5.41, 5.74) is 0.635. The first kappa shape index (κ1) is 16.0. The molecule has 1 aromatic rings. The standard InChI is InChI=1S/C16H21NO6/c1-9(18)14-15(13-7-22-8-23-13)17(16(14)19)11-5-4-10(20-2)6-12(11)21-3/h4-6,9,13-15,18H,7-8H2,1-3H3/t9-,13+,14+,15+/m0/s1. The molecular weight excluding hydrogens is 302 g/mol. The molecule has 1 N–H and O–H groups in total. The fourth-order valence-electron chi connectivity index (χ4n) is 3.23. The van der Waals surface area contributed by atoms with Crippen molar-refractivity contribution in [3.05, 3.63) is 18.2 Å². The van der Waals surface area contributed by atoms with Crippen LogP contribution in [0, 0.1) is 5.92 Å². The molecule has 0 radical (unpaired) electrons. The number of carbonyl (C=O) groups is 1. The molecule has 2 heterocycles. The minimum absolute atomic E-state index is 0.149. The van der Waals surface area contributed by atoms with E-state index < -0.39 is 12.0 Å². The lowest BCUT2D eigenvalue weighted by Gasteiger charge is -2.50. The van der Waals surface area contributed by atoms with Crippen LogP contribution >= 0.6 is 0 Å². The molecule has 0 saturated carbocycles. The fraction of sp³-hybridized carbons (Fsp3) is 0.562. The van der Waals surface area contributed by atoms with Gasteiger partial charge in [-0.15, -0.1) is 0 Å². The molecule has 0 unspecified atom stereocenters. The van der Waals surface area contributed by atoms with E-state index in [0.29, 0.717) is 23.8 Å². The number of methoxy groups -OCH3 is 2. The van der Waals surface area contributed by atoms with E-state index in [0.717, 1.165) is 0 Å². The summed E-state index contributed by atoms with van der Waals surface area (Å²) in [6.45, 7) is 2.22. The van der Waals surface area contributed by atoms with Gasteiger partial charge in [0, 0.05) is 6.07 Å². The van der Waals surface area contributed by atoms with Gasteiger partial charge in [0.05, 0.1) is 44.6 Å². The number of ether oxygens (including phenoxy) is 4. The Labute approximate surface area is 134 Å². The molecule has 1 aromatic carbocycles. The predicted octanol–water partition coefficient (Wildman–Crippen LogP) is 0.789. The molecule has 0 aliphatic carbocycles. The summed E-state index contributed by atoms with van der Waals surface area (Å²) < 4.78 is 21.4. The molecular formula is C16H21NO6. The molecule has 0 spiro atoms. The predicted molar refractivity (Wildman–Crippen MR) is 81.7 cm³/mol. The fourth-order valence-corrected chi connectivity index (χ4v) is 3.23. The first-order chi connectivity index (χ1) is 11.1. The van der Waals surface area contributed by atoms with E-state index in [4.69, 9.17) is 18.9 Å². The van der Waals surface area contributed by atoms with Crippen molar-refractivity contribution in [3.63, 3.8) is 0 Å². The van der Waals surface area contributed by atoms with Crippen LogP contribution in [0.25, 0.3) is 0 Å². The lowest BCUT2D eigenvalue weighted by atomic mass is 9.79. The van der Waals surface area contributed by atoms with Gasteiger partial charge in [0.15, 0.2) is 0 Å². The van der Waals surface area contributed by atoms with Crippen molar-refractivity contribution in [3.8, 4) is 11.5 Å². The third kappa shape index (κ3) is 2.65. The van der Waals surface area contributed by atoms with Crippen LogP contribution in [0.1, 0.15) is 6.92 Å². The van der Waals surface area contributed by atoms with Gasteiger partial charge in [0.1, 0.15) is 24.4 Å². The van der Waals surface area contributed by atoms with Gasteiger partial charge in [0.2, 0.25) is 5.91 Å². The Kier molecular flexibility index (Phi) is 4.43. The van der Waals surface area contributed by atoms with Crippen LogP contribution < -0.4 is 14.4 Å². The molecule has 1 amide bonds. The summed E-state index contributed by atoms with van der Waals surface area (Å²) in [4.78, 5) is 14.2. The van der Waals surface area contributed by atoms with Gasteiger partial charge in [-0.3, -0.25) is 4.79 Å². The van der Waals surface area contributed by atoms with E-state index in [1.54, 1.807) is 44.2 Å². The Hall–Kier alpha value is -1.83. The van der Waals surface area contributed by atoms with Crippen LogP contribution in [-0.2, 0) is 14.3 Å². The third-order valence-electron chi connectivity index (χ3n) is 4.38. The maximum Gasteiger partial charge on any atom is 0.235 e. The van der Waals surface area contributed by atoms with Gasteiger partial charge in [-0.05, 0) is 19.1 Å². The molecule has 2 aliphatic heterocycles. The second-order valence-corrected chi connectivity index (χ2v) is 5.70. The summed E-state index contributed by atoms with van der Waals surface area (Å²) in [5.74, 6) is 0.519. The number of nitrogens with zero attached hydrogens (tertiary/aromatic N) is 1. The monoisotopic (exact) mass is 323 g/mol. The highest BCUT2D eigenvalue weighted by molar-refractivity contribution is 6.04. The van der Waals surface area contributed by atoms with E-state index in [9.17, 15) is 9.90 Å². The average Bonchev–Trinajstić information content (AvgIpc) is 3.06. The molecule has 7 heteroatoms. The zero-order chi connectivity index (χ0) is 16.6. The molecule has 3 rings (SSSR count). The average molecular weight is 323 g/mol.